The quantitative estimate of drug-likeness (QED) is 0.328. The van der Waals surface area contributed by atoms with Crippen molar-refractivity contribution in [2.24, 2.45) is 0 Å². The monoisotopic (exact) mass is 429 g/mol. The van der Waals surface area contributed by atoms with Crippen LogP contribution in [0.2, 0.25) is 0 Å². The number of aryl methyl sites for hydroxylation is 2. The third kappa shape index (κ3) is 9.72. The number of ether oxygens (including phenoxy) is 3. The molecule has 0 aliphatic carbocycles. The predicted octanol–water partition coefficient (Wildman–Crippen LogP) is 4.70. The summed E-state index contributed by atoms with van der Waals surface area (Å²) in [6.07, 6.45) is 4.75. The Kier molecular flexibility index (Phi) is 11.4. The normalized spacial score (nSPS) is 13.2. The zero-order valence-electron chi connectivity index (χ0n) is 19.5. The van der Waals surface area contributed by atoms with E-state index in [2.05, 4.69) is 30.0 Å². The zero-order chi connectivity index (χ0) is 22.5. The van der Waals surface area contributed by atoms with E-state index in [1.807, 2.05) is 44.4 Å². The average molecular weight is 430 g/mol. The predicted molar refractivity (Wildman–Crippen MR) is 126 cm³/mol. The van der Waals surface area contributed by atoms with E-state index in [1.54, 1.807) is 7.11 Å². The fourth-order valence-corrected chi connectivity index (χ4v) is 3.51. The molecule has 2 aromatic rings. The minimum Gasteiger partial charge on any atom is -0.497 e. The average Bonchev–Trinajstić information content (AvgIpc) is 2.76. The third-order valence-corrected chi connectivity index (χ3v) is 5.21. The lowest BCUT2D eigenvalue weighted by Crippen LogP contribution is -2.36. The Labute approximate surface area is 187 Å². The Hall–Kier alpha value is -2.08. The molecule has 5 heteroatoms. The van der Waals surface area contributed by atoms with Crippen LogP contribution in [0.3, 0.4) is 0 Å². The van der Waals surface area contributed by atoms with Gasteiger partial charge in [-0.1, -0.05) is 50.1 Å². The summed E-state index contributed by atoms with van der Waals surface area (Å²) >= 11 is 0. The van der Waals surface area contributed by atoms with Gasteiger partial charge in [0.2, 0.25) is 0 Å². The minimum atomic E-state index is -0.745. The maximum absolute atomic E-state index is 10.3. The van der Waals surface area contributed by atoms with Gasteiger partial charge >= 0.3 is 0 Å². The number of nitrogens with zero attached hydrogens (tertiary/aromatic N) is 1. The van der Waals surface area contributed by atoms with Crippen molar-refractivity contribution in [1.29, 1.82) is 0 Å². The number of aliphatic hydroxyl groups is 1. The van der Waals surface area contributed by atoms with E-state index in [-0.39, 0.29) is 6.10 Å². The van der Waals surface area contributed by atoms with Crippen molar-refractivity contribution in [2.45, 2.75) is 57.8 Å². The molecule has 31 heavy (non-hydrogen) atoms. The molecule has 1 N–H and O–H groups in total. The Morgan fingerprint density at radius 2 is 1.71 bits per heavy atom. The summed E-state index contributed by atoms with van der Waals surface area (Å²) in [6.45, 7) is 3.25. The summed E-state index contributed by atoms with van der Waals surface area (Å²) in [4.78, 5) is 2.06. The molecule has 2 aromatic carbocycles. The lowest BCUT2D eigenvalue weighted by atomic mass is 10.0. The molecule has 0 amide bonds. The van der Waals surface area contributed by atoms with Gasteiger partial charge < -0.3 is 24.2 Å². The number of hydrogen-bond acceptors (Lipinski definition) is 5. The number of methoxy groups -OCH3 is 1. The lowest BCUT2D eigenvalue weighted by molar-refractivity contribution is -0.151. The summed E-state index contributed by atoms with van der Waals surface area (Å²) in [6, 6.07) is 16.3. The highest BCUT2D eigenvalue weighted by molar-refractivity contribution is 5.35. The Bertz CT molecular complexity index is 732. The van der Waals surface area contributed by atoms with Gasteiger partial charge in [-0.15, -0.1) is 0 Å². The summed E-state index contributed by atoms with van der Waals surface area (Å²) in [7, 11) is 5.69. The molecule has 0 saturated heterocycles. The van der Waals surface area contributed by atoms with Gasteiger partial charge in [-0.2, -0.15) is 0 Å². The molecule has 2 rings (SSSR count). The van der Waals surface area contributed by atoms with Gasteiger partial charge in [-0.05, 0) is 69.1 Å². The standard InChI is InChI=1S/C26H39NO4/c1-5-6-7-12-26(28)31-24(19-27(2)3)20-30-25-11-9-8-10-22(25)16-13-21-14-17-23(29-4)18-15-21/h8-11,14-15,17-18,24,26,28H,5-7,12-13,16,19-20H2,1-4H3. The van der Waals surface area contributed by atoms with Gasteiger partial charge in [0, 0.05) is 6.54 Å². The molecule has 2 unspecified atom stereocenters. The number of hydrogen-bond donors (Lipinski definition) is 1. The Morgan fingerprint density at radius 1 is 0.968 bits per heavy atom. The molecule has 172 valence electrons. The van der Waals surface area contributed by atoms with Gasteiger partial charge in [0.1, 0.15) is 24.2 Å². The third-order valence-electron chi connectivity index (χ3n) is 5.21. The van der Waals surface area contributed by atoms with Gasteiger partial charge in [0.25, 0.3) is 0 Å². The van der Waals surface area contributed by atoms with Crippen LogP contribution in [-0.2, 0) is 17.6 Å². The van der Waals surface area contributed by atoms with Gasteiger partial charge in [-0.3, -0.25) is 0 Å². The number of unbranched alkanes of at least 4 members (excludes halogenated alkanes) is 2. The van der Waals surface area contributed by atoms with Crippen LogP contribution < -0.4 is 9.47 Å². The second kappa shape index (κ2) is 14.1. The van der Waals surface area contributed by atoms with Gasteiger partial charge in [0.05, 0.1) is 7.11 Å². The van der Waals surface area contributed by atoms with Crippen LogP contribution >= 0.6 is 0 Å². The van der Waals surface area contributed by atoms with Crippen molar-refractivity contribution < 1.29 is 19.3 Å². The molecule has 0 fully saturated rings. The molecular formula is C26H39NO4. The first-order valence-electron chi connectivity index (χ1n) is 11.3. The van der Waals surface area contributed by atoms with Crippen molar-refractivity contribution >= 4 is 0 Å². The highest BCUT2D eigenvalue weighted by Crippen LogP contribution is 2.22. The van der Waals surface area contributed by atoms with E-state index in [9.17, 15) is 5.11 Å². The summed E-state index contributed by atoms with van der Waals surface area (Å²) < 4.78 is 17.3. The van der Waals surface area contributed by atoms with E-state index in [0.717, 1.165) is 43.6 Å². The van der Waals surface area contributed by atoms with Crippen LogP contribution in [0.1, 0.15) is 43.7 Å². The first-order chi connectivity index (χ1) is 15.0. The number of para-hydroxylation sites is 1. The topological polar surface area (TPSA) is 51.2 Å². The Balaban J connectivity index is 1.93. The highest BCUT2D eigenvalue weighted by atomic mass is 16.6. The van der Waals surface area contributed by atoms with Crippen LogP contribution in [0, 0.1) is 0 Å². The lowest BCUT2D eigenvalue weighted by Gasteiger charge is -2.25. The molecular weight excluding hydrogens is 390 g/mol. The first-order valence-corrected chi connectivity index (χ1v) is 11.3. The molecule has 0 aliphatic heterocycles. The molecule has 2 atom stereocenters. The smallest absolute Gasteiger partial charge is 0.155 e. The first kappa shape index (κ1) is 25.2. The second-order valence-electron chi connectivity index (χ2n) is 8.24. The molecule has 0 spiro atoms. The zero-order valence-corrected chi connectivity index (χ0v) is 19.5. The molecule has 0 bridgehead atoms. The molecule has 0 heterocycles. The number of aliphatic hydroxyl groups excluding tert-OH is 1. The summed E-state index contributed by atoms with van der Waals surface area (Å²) in [5.74, 6) is 1.75. The summed E-state index contributed by atoms with van der Waals surface area (Å²) in [5, 5.41) is 10.3. The largest absolute Gasteiger partial charge is 0.497 e. The minimum absolute atomic E-state index is 0.193. The Morgan fingerprint density at radius 3 is 2.39 bits per heavy atom. The van der Waals surface area contributed by atoms with E-state index >= 15 is 0 Å². The van der Waals surface area contributed by atoms with Gasteiger partial charge in [-0.25, -0.2) is 0 Å². The van der Waals surface area contributed by atoms with E-state index in [4.69, 9.17) is 14.2 Å². The molecule has 0 saturated carbocycles. The van der Waals surface area contributed by atoms with Gasteiger partial charge in [0.15, 0.2) is 6.29 Å². The van der Waals surface area contributed by atoms with E-state index < -0.39 is 6.29 Å². The van der Waals surface area contributed by atoms with Crippen LogP contribution in [0.4, 0.5) is 0 Å². The number of benzene rings is 2. The van der Waals surface area contributed by atoms with E-state index in [1.165, 1.54) is 11.1 Å². The maximum Gasteiger partial charge on any atom is 0.155 e. The fourth-order valence-electron chi connectivity index (χ4n) is 3.51. The van der Waals surface area contributed by atoms with Crippen molar-refractivity contribution in [2.75, 3.05) is 34.4 Å². The van der Waals surface area contributed by atoms with Crippen LogP contribution in [0.25, 0.3) is 0 Å². The number of rotatable bonds is 15. The second-order valence-corrected chi connectivity index (χ2v) is 8.24. The number of likely N-dealkylation sites (N-methyl/N-ethyl adjacent to an activating group) is 1. The van der Waals surface area contributed by atoms with Crippen LogP contribution in [0.5, 0.6) is 11.5 Å². The van der Waals surface area contributed by atoms with Crippen molar-refractivity contribution in [3.8, 4) is 11.5 Å². The molecule has 5 nitrogen and oxygen atoms in total. The van der Waals surface area contributed by atoms with Crippen molar-refractivity contribution in [3.05, 3.63) is 59.7 Å². The van der Waals surface area contributed by atoms with Crippen molar-refractivity contribution in [3.63, 3.8) is 0 Å². The fraction of sp³-hybridized carbons (Fsp3) is 0.538. The van der Waals surface area contributed by atoms with Crippen LogP contribution in [-0.4, -0.2) is 56.8 Å². The van der Waals surface area contributed by atoms with E-state index in [0.29, 0.717) is 19.6 Å². The molecule has 0 aliphatic rings. The maximum atomic E-state index is 10.3. The SMILES string of the molecule is CCCCCC(O)OC(COc1ccccc1CCc1ccc(OC)cc1)CN(C)C. The van der Waals surface area contributed by atoms with Crippen molar-refractivity contribution in [1.82, 2.24) is 4.90 Å². The van der Waals surface area contributed by atoms with Crippen LogP contribution in [0.15, 0.2) is 48.5 Å². The molecule has 0 aromatic heterocycles. The molecule has 0 radical (unpaired) electrons. The highest BCUT2D eigenvalue weighted by Gasteiger charge is 2.17. The summed E-state index contributed by atoms with van der Waals surface area (Å²) in [5.41, 5.74) is 2.44.